The van der Waals surface area contributed by atoms with Gasteiger partial charge in [-0.05, 0) is 127 Å². The number of benzene rings is 2. The van der Waals surface area contributed by atoms with Crippen LogP contribution in [0, 0.1) is 0 Å². The van der Waals surface area contributed by atoms with Crippen LogP contribution in [0.5, 0.6) is 11.5 Å². The highest BCUT2D eigenvalue weighted by Gasteiger charge is 2.51. The highest BCUT2D eigenvalue weighted by atomic mass is 79.9. The number of pyridine rings is 6. The quantitative estimate of drug-likeness (QED) is 0.111. The summed E-state index contributed by atoms with van der Waals surface area (Å²) < 4.78 is 28.6. The predicted octanol–water partition coefficient (Wildman–Crippen LogP) is 11.3. The molecule has 0 aliphatic carbocycles. The number of halogens is 1. The number of nitrogens with zero attached hydrogens (tertiary/aromatic N) is 10. The number of aromatic nitrogens is 12. The van der Waals surface area contributed by atoms with Crippen LogP contribution in [-0.2, 0) is 22.4 Å². The first-order valence-corrected chi connectivity index (χ1v) is 25.6. The minimum absolute atomic E-state index is 0.322. The van der Waals surface area contributed by atoms with Gasteiger partial charge >= 0.3 is 7.12 Å². The van der Waals surface area contributed by atoms with E-state index >= 15 is 0 Å². The van der Waals surface area contributed by atoms with E-state index in [1.807, 2.05) is 113 Å². The zero-order valence-corrected chi connectivity index (χ0v) is 43.8. The Morgan fingerprint density at radius 3 is 1.53 bits per heavy atom. The van der Waals surface area contributed by atoms with Crippen molar-refractivity contribution >= 4 is 72.4 Å². The molecule has 76 heavy (non-hydrogen) atoms. The van der Waals surface area contributed by atoms with Gasteiger partial charge in [0.2, 0.25) is 0 Å². The first-order valence-electron chi connectivity index (χ1n) is 24.8. The van der Waals surface area contributed by atoms with E-state index in [9.17, 15) is 0 Å². The molecular weight excluding hydrogens is 1020 g/mol. The zero-order valence-electron chi connectivity index (χ0n) is 42.2. The molecule has 1 fully saturated rings. The van der Waals surface area contributed by atoms with Gasteiger partial charge in [0.25, 0.3) is 0 Å². The molecule has 0 amide bonds. The normalized spacial score (nSPS) is 13.6. The van der Waals surface area contributed by atoms with Crippen LogP contribution < -0.4 is 14.9 Å². The largest absolute Gasteiger partial charge is 0.494 e. The fourth-order valence-electron chi connectivity index (χ4n) is 8.65. The van der Waals surface area contributed by atoms with Crippen molar-refractivity contribution in [3.05, 3.63) is 189 Å². The SMILES string of the molecule is Brc1cnc2[nH]c3cnc(-c4cccnc4)cc3c2c1.CC1(C)OB(c2ccc(OCCn3ccnc3)cc2)OC1(C)C.c1cncc(-c2cc3c(cn2)[nH]c2ncc(-c4ccc(OCCn5ccnc5)cc4)cc23)c1. The van der Waals surface area contributed by atoms with Gasteiger partial charge in [-0.15, -0.1) is 0 Å². The molecule has 13 rings (SSSR count). The number of nitrogens with one attached hydrogen (secondary N) is 2. The number of fused-ring (bicyclic) bond motifs is 6. The van der Waals surface area contributed by atoms with E-state index in [0.29, 0.717) is 13.2 Å². The second kappa shape index (κ2) is 21.7. The van der Waals surface area contributed by atoms with Crippen LogP contribution in [0.3, 0.4) is 0 Å². The number of rotatable bonds is 12. The summed E-state index contributed by atoms with van der Waals surface area (Å²) in [7, 11) is -0.333. The number of aromatic amines is 2. The summed E-state index contributed by atoms with van der Waals surface area (Å²) in [6.45, 7) is 11.0. The van der Waals surface area contributed by atoms with Crippen molar-refractivity contribution in [2.75, 3.05) is 13.2 Å². The molecule has 18 heteroatoms. The first-order chi connectivity index (χ1) is 37.0. The van der Waals surface area contributed by atoms with Crippen LogP contribution in [0.25, 0.3) is 77.5 Å². The van der Waals surface area contributed by atoms with Gasteiger partial charge in [-0.1, -0.05) is 24.3 Å². The lowest BCUT2D eigenvalue weighted by Crippen LogP contribution is -2.41. The third kappa shape index (κ3) is 11.1. The molecule has 0 radical (unpaired) electrons. The number of hydrogen-bond acceptors (Lipinski definition) is 12. The summed E-state index contributed by atoms with van der Waals surface area (Å²) in [5, 5.41) is 4.35. The maximum Gasteiger partial charge on any atom is 0.494 e. The Kier molecular flexibility index (Phi) is 14.2. The fourth-order valence-corrected chi connectivity index (χ4v) is 8.98. The van der Waals surface area contributed by atoms with Gasteiger partial charge < -0.3 is 37.9 Å². The predicted molar refractivity (Wildman–Crippen MR) is 300 cm³/mol. The summed E-state index contributed by atoms with van der Waals surface area (Å²) >= 11 is 3.46. The minimum Gasteiger partial charge on any atom is -0.492 e. The number of ether oxygens (including phenoxy) is 2. The molecule has 11 heterocycles. The van der Waals surface area contributed by atoms with E-state index < -0.39 is 0 Å². The molecule has 0 atom stereocenters. The number of imidazole rings is 2. The third-order valence-corrected chi connectivity index (χ3v) is 13.9. The Morgan fingerprint density at radius 1 is 0.513 bits per heavy atom. The van der Waals surface area contributed by atoms with Gasteiger partial charge in [-0.25, -0.2) is 19.9 Å². The molecule has 0 saturated carbocycles. The van der Waals surface area contributed by atoms with Gasteiger partial charge in [0.1, 0.15) is 36.0 Å². The van der Waals surface area contributed by atoms with E-state index in [1.165, 1.54) is 0 Å². The monoisotopic (exact) mass is 1070 g/mol. The second-order valence-corrected chi connectivity index (χ2v) is 20.0. The summed E-state index contributed by atoms with van der Waals surface area (Å²) in [5.41, 5.74) is 9.95. The van der Waals surface area contributed by atoms with Crippen LogP contribution in [-0.4, -0.2) is 90.5 Å². The van der Waals surface area contributed by atoms with Crippen LogP contribution >= 0.6 is 15.9 Å². The highest BCUT2D eigenvalue weighted by molar-refractivity contribution is 9.10. The van der Waals surface area contributed by atoms with E-state index in [-0.39, 0.29) is 18.3 Å². The van der Waals surface area contributed by atoms with Gasteiger partial charge in [-0.3, -0.25) is 19.9 Å². The average molecular weight is 1070 g/mol. The summed E-state index contributed by atoms with van der Waals surface area (Å²) in [6.07, 6.45) is 25.5. The first kappa shape index (κ1) is 49.6. The van der Waals surface area contributed by atoms with Gasteiger partial charge in [-0.2, -0.15) is 0 Å². The van der Waals surface area contributed by atoms with Crippen molar-refractivity contribution in [3.63, 3.8) is 0 Å². The molecule has 378 valence electrons. The van der Waals surface area contributed by atoms with Gasteiger partial charge in [0.05, 0.1) is 71.8 Å². The molecule has 1 aliphatic rings. The van der Waals surface area contributed by atoms with E-state index in [4.69, 9.17) is 18.8 Å². The lowest BCUT2D eigenvalue weighted by atomic mass is 9.79. The smallest absolute Gasteiger partial charge is 0.492 e. The molecule has 0 spiro atoms. The molecule has 16 nitrogen and oxygen atoms in total. The number of H-pyrrole nitrogens is 2. The summed E-state index contributed by atoms with van der Waals surface area (Å²) in [4.78, 5) is 41.1. The van der Waals surface area contributed by atoms with Gasteiger partial charge in [0.15, 0.2) is 0 Å². The summed E-state index contributed by atoms with van der Waals surface area (Å²) in [5.74, 6) is 1.68. The van der Waals surface area contributed by atoms with E-state index in [0.717, 1.165) is 112 Å². The maximum atomic E-state index is 6.05. The third-order valence-electron chi connectivity index (χ3n) is 13.5. The topological polar surface area (TPSA) is 181 Å². The highest BCUT2D eigenvalue weighted by Crippen LogP contribution is 2.37. The van der Waals surface area contributed by atoms with Crippen LogP contribution in [0.2, 0.25) is 0 Å². The Hall–Kier alpha value is -8.58. The molecule has 0 unspecified atom stereocenters. The Morgan fingerprint density at radius 2 is 1.03 bits per heavy atom. The van der Waals surface area contributed by atoms with Crippen LogP contribution in [0.1, 0.15) is 27.7 Å². The van der Waals surface area contributed by atoms with Crippen molar-refractivity contribution in [1.29, 1.82) is 0 Å². The molecule has 1 aliphatic heterocycles. The van der Waals surface area contributed by atoms with Crippen molar-refractivity contribution < 1.29 is 18.8 Å². The molecular formula is C58H52BBrN12O4. The zero-order chi connectivity index (χ0) is 52.1. The van der Waals surface area contributed by atoms with Crippen molar-refractivity contribution in [1.82, 2.24) is 59.0 Å². The Bertz CT molecular complexity index is 3840. The molecule has 1 saturated heterocycles. The maximum absolute atomic E-state index is 6.05. The molecule has 2 N–H and O–H groups in total. The molecule has 0 bridgehead atoms. The van der Waals surface area contributed by atoms with E-state index in [1.54, 1.807) is 43.6 Å². The van der Waals surface area contributed by atoms with Crippen molar-refractivity contribution in [3.8, 4) is 45.1 Å². The fraction of sp³-hybridized carbons (Fsp3) is 0.172. The Labute approximate surface area is 446 Å². The molecule has 10 aromatic heterocycles. The Balaban J connectivity index is 0.000000127. The van der Waals surface area contributed by atoms with E-state index in [2.05, 4.69) is 130 Å². The van der Waals surface area contributed by atoms with Crippen molar-refractivity contribution in [2.45, 2.75) is 52.0 Å². The molecule has 12 aromatic rings. The van der Waals surface area contributed by atoms with Crippen LogP contribution in [0.4, 0.5) is 0 Å². The standard InChI is InChI=1S/C26H20N6O.C17H23BN2O3.C15H9BrN4/c1-2-19(14-27-7-1)24-13-22-23-12-20(15-30-26(23)31-25(22)16-29-24)18-3-5-21(6-4-18)33-11-10-32-9-8-28-17-32;1-16(2)17(3,4)23-18(22-16)14-5-7-15(8-6-14)21-12-11-20-10-9-19-13-20;16-10-4-12-11-5-13(9-2-1-3-17-6-9)18-8-14(11)20-15(12)19-7-10/h1-9,12-17H,10-11H2,(H,30,31);5-10,13H,11-12H2,1-4H3;1-8H,(H,19,20). The summed E-state index contributed by atoms with van der Waals surface area (Å²) in [6, 6.07) is 32.2. The lowest BCUT2D eigenvalue weighted by molar-refractivity contribution is 0.00578. The lowest BCUT2D eigenvalue weighted by Gasteiger charge is -2.32. The number of hydrogen-bond donors (Lipinski definition) is 2. The average Bonchev–Trinajstić information content (AvgIpc) is 4.37. The second-order valence-electron chi connectivity index (χ2n) is 19.1. The van der Waals surface area contributed by atoms with Crippen LogP contribution in [0.15, 0.2) is 189 Å². The van der Waals surface area contributed by atoms with Gasteiger partial charge in [0, 0.05) is 105 Å². The minimum atomic E-state index is -0.333. The van der Waals surface area contributed by atoms with Crippen molar-refractivity contribution in [2.24, 2.45) is 0 Å². The molecule has 2 aromatic carbocycles.